The van der Waals surface area contributed by atoms with Gasteiger partial charge >= 0.3 is 0 Å². The summed E-state index contributed by atoms with van der Waals surface area (Å²) in [5, 5.41) is 3.20. The van der Waals surface area contributed by atoms with Gasteiger partial charge in [-0.3, -0.25) is 9.59 Å². The van der Waals surface area contributed by atoms with E-state index in [9.17, 15) is 9.59 Å². The lowest BCUT2D eigenvalue weighted by Gasteiger charge is -1.96. The molecule has 4 nitrogen and oxygen atoms in total. The van der Waals surface area contributed by atoms with Crippen LogP contribution in [-0.4, -0.2) is 16.7 Å². The lowest BCUT2D eigenvalue weighted by Crippen LogP contribution is -2.04. The number of thiazole rings is 1. The van der Waals surface area contributed by atoms with E-state index in [4.69, 9.17) is 0 Å². The summed E-state index contributed by atoms with van der Waals surface area (Å²) in [6.07, 6.45) is 0.489. The molecule has 1 aromatic heterocycles. The van der Waals surface area contributed by atoms with Crippen molar-refractivity contribution in [2.75, 3.05) is 5.32 Å². The highest BCUT2D eigenvalue weighted by molar-refractivity contribution is 7.22. The van der Waals surface area contributed by atoms with Gasteiger partial charge in [0.05, 0.1) is 10.2 Å². The number of amides is 1. The predicted molar refractivity (Wildman–Crippen MR) is 68.5 cm³/mol. The Morgan fingerprint density at radius 2 is 2.18 bits per heavy atom. The number of anilines is 1. The molecule has 2 rings (SSSR count). The van der Waals surface area contributed by atoms with Gasteiger partial charge in [0.15, 0.2) is 10.9 Å². The van der Waals surface area contributed by atoms with E-state index in [-0.39, 0.29) is 11.7 Å². The zero-order valence-corrected chi connectivity index (χ0v) is 10.4. The molecule has 1 heterocycles. The number of fused-ring (bicyclic) bond motifs is 1. The molecule has 0 saturated heterocycles. The average Bonchev–Trinajstić information content (AvgIpc) is 2.67. The maximum Gasteiger partial charge on any atom is 0.223 e. The van der Waals surface area contributed by atoms with Crippen molar-refractivity contribution in [3.63, 3.8) is 0 Å². The minimum absolute atomic E-state index is 0.112. The van der Waals surface area contributed by atoms with Crippen LogP contribution in [0.3, 0.4) is 0 Å². The topological polar surface area (TPSA) is 59.1 Å². The average molecular weight is 248 g/mol. The summed E-state index contributed by atoms with van der Waals surface area (Å²) in [6.45, 7) is 3.28. The number of ketones is 1. The summed E-state index contributed by atoms with van der Waals surface area (Å²) < 4.78 is 0.910. The molecular weight excluding hydrogens is 236 g/mol. The fraction of sp³-hybridized carbons (Fsp3) is 0.250. The number of hydrogen-bond acceptors (Lipinski definition) is 4. The molecule has 0 unspecified atom stereocenters. The van der Waals surface area contributed by atoms with Crippen molar-refractivity contribution >= 4 is 38.4 Å². The Hall–Kier alpha value is -1.75. The number of rotatable bonds is 3. The molecule has 88 valence electrons. The van der Waals surface area contributed by atoms with Gasteiger partial charge in [-0.05, 0) is 18.2 Å². The van der Waals surface area contributed by atoms with Crippen LogP contribution in [-0.2, 0) is 4.79 Å². The van der Waals surface area contributed by atoms with Crippen molar-refractivity contribution < 1.29 is 9.59 Å². The van der Waals surface area contributed by atoms with Gasteiger partial charge in [0, 0.05) is 18.9 Å². The highest BCUT2D eigenvalue weighted by atomic mass is 32.1. The molecule has 1 aromatic carbocycles. The van der Waals surface area contributed by atoms with Gasteiger partial charge in [0.25, 0.3) is 0 Å². The second-order valence-electron chi connectivity index (χ2n) is 3.66. The third kappa shape index (κ3) is 2.50. The van der Waals surface area contributed by atoms with Crippen LogP contribution in [0.1, 0.15) is 30.6 Å². The van der Waals surface area contributed by atoms with E-state index in [2.05, 4.69) is 10.3 Å². The van der Waals surface area contributed by atoms with E-state index in [1.54, 1.807) is 12.1 Å². The molecule has 0 aliphatic rings. The molecule has 1 N–H and O–H groups in total. The normalized spacial score (nSPS) is 10.5. The first-order valence-corrected chi connectivity index (χ1v) is 6.13. The van der Waals surface area contributed by atoms with Gasteiger partial charge in [-0.15, -0.1) is 0 Å². The number of aromatic nitrogens is 1. The molecule has 5 heteroatoms. The summed E-state index contributed by atoms with van der Waals surface area (Å²) in [4.78, 5) is 26.7. The molecule has 0 radical (unpaired) electrons. The largest absolute Gasteiger partial charge is 0.302 e. The van der Waals surface area contributed by atoms with E-state index >= 15 is 0 Å². The first kappa shape index (κ1) is 11.7. The molecule has 0 saturated carbocycles. The Balaban J connectivity index is 2.40. The van der Waals surface area contributed by atoms with Gasteiger partial charge in [0.1, 0.15) is 0 Å². The van der Waals surface area contributed by atoms with Crippen molar-refractivity contribution in [3.05, 3.63) is 23.8 Å². The molecule has 0 atom stereocenters. The molecule has 0 bridgehead atoms. The lowest BCUT2D eigenvalue weighted by atomic mass is 10.1. The molecule has 0 fully saturated rings. The Kier molecular flexibility index (Phi) is 3.19. The lowest BCUT2D eigenvalue weighted by molar-refractivity contribution is -0.114. The van der Waals surface area contributed by atoms with Gasteiger partial charge in [-0.25, -0.2) is 4.98 Å². The van der Waals surface area contributed by atoms with Crippen LogP contribution >= 0.6 is 11.3 Å². The Morgan fingerprint density at radius 1 is 1.41 bits per heavy atom. The first-order valence-electron chi connectivity index (χ1n) is 5.31. The molecule has 0 spiro atoms. The zero-order chi connectivity index (χ0) is 12.4. The number of Topliss-reactive ketones (excluding diaryl/α,β-unsaturated/α-hetero) is 1. The second kappa shape index (κ2) is 4.63. The van der Waals surface area contributed by atoms with Crippen molar-refractivity contribution in [3.8, 4) is 0 Å². The zero-order valence-electron chi connectivity index (χ0n) is 9.61. The van der Waals surface area contributed by atoms with Crippen LogP contribution in [0.2, 0.25) is 0 Å². The van der Waals surface area contributed by atoms with Gasteiger partial charge < -0.3 is 5.32 Å². The van der Waals surface area contributed by atoms with Crippen molar-refractivity contribution in [1.29, 1.82) is 0 Å². The van der Waals surface area contributed by atoms with E-state index in [0.29, 0.717) is 17.1 Å². The molecule has 17 heavy (non-hydrogen) atoms. The first-order chi connectivity index (χ1) is 8.10. The summed E-state index contributed by atoms with van der Waals surface area (Å²) in [5.41, 5.74) is 1.49. The third-order valence-corrected chi connectivity index (χ3v) is 3.25. The summed E-state index contributed by atoms with van der Waals surface area (Å²) in [6, 6.07) is 5.40. The predicted octanol–water partition coefficient (Wildman–Crippen LogP) is 2.85. The minimum atomic E-state index is -0.145. The van der Waals surface area contributed by atoms with E-state index < -0.39 is 0 Å². The molecule has 2 aromatic rings. The van der Waals surface area contributed by atoms with Crippen LogP contribution in [0, 0.1) is 0 Å². The quantitative estimate of drug-likeness (QED) is 0.850. The number of nitrogens with one attached hydrogen (secondary N) is 1. The fourth-order valence-electron chi connectivity index (χ4n) is 1.51. The fourth-order valence-corrected chi connectivity index (χ4v) is 2.46. The second-order valence-corrected chi connectivity index (χ2v) is 4.69. The number of hydrogen-bond donors (Lipinski definition) is 1. The van der Waals surface area contributed by atoms with Crippen molar-refractivity contribution in [2.24, 2.45) is 0 Å². The number of benzene rings is 1. The van der Waals surface area contributed by atoms with Crippen LogP contribution < -0.4 is 5.32 Å². The van der Waals surface area contributed by atoms with Crippen LogP contribution in [0.5, 0.6) is 0 Å². The highest BCUT2D eigenvalue weighted by Crippen LogP contribution is 2.27. The molecular formula is C12H12N2O2S. The minimum Gasteiger partial charge on any atom is -0.302 e. The summed E-state index contributed by atoms with van der Waals surface area (Å²) in [5.74, 6) is -0.0321. The van der Waals surface area contributed by atoms with Crippen LogP contribution in [0.25, 0.3) is 10.2 Å². The Morgan fingerprint density at radius 3 is 2.82 bits per heavy atom. The monoisotopic (exact) mass is 248 g/mol. The number of carbonyl (C=O) groups is 2. The summed E-state index contributed by atoms with van der Waals surface area (Å²) in [7, 11) is 0. The van der Waals surface area contributed by atoms with Crippen LogP contribution in [0.4, 0.5) is 5.13 Å². The maximum atomic E-state index is 11.6. The van der Waals surface area contributed by atoms with E-state index in [0.717, 1.165) is 10.2 Å². The molecule has 1 amide bonds. The van der Waals surface area contributed by atoms with Crippen LogP contribution in [0.15, 0.2) is 18.2 Å². The SMILES string of the molecule is CCC(=O)c1ccc2nc(NC(C)=O)sc2c1. The smallest absolute Gasteiger partial charge is 0.223 e. The van der Waals surface area contributed by atoms with Gasteiger partial charge in [-0.2, -0.15) is 0 Å². The van der Waals surface area contributed by atoms with Crippen molar-refractivity contribution in [2.45, 2.75) is 20.3 Å². The van der Waals surface area contributed by atoms with E-state index in [1.807, 2.05) is 13.0 Å². The number of carbonyl (C=O) groups excluding carboxylic acids is 2. The third-order valence-electron chi connectivity index (χ3n) is 2.31. The van der Waals surface area contributed by atoms with E-state index in [1.165, 1.54) is 18.3 Å². The standard InChI is InChI=1S/C12H12N2O2S/c1-3-10(16)8-4-5-9-11(6-8)17-12(14-9)13-7(2)15/h4-6H,3H2,1-2H3,(H,13,14,15). The maximum absolute atomic E-state index is 11.6. The highest BCUT2D eigenvalue weighted by Gasteiger charge is 2.08. The Bertz CT molecular complexity index is 589. The molecule has 0 aliphatic heterocycles. The number of nitrogens with zero attached hydrogens (tertiary/aromatic N) is 1. The molecule has 0 aliphatic carbocycles. The van der Waals surface area contributed by atoms with Gasteiger partial charge in [-0.1, -0.05) is 18.3 Å². The van der Waals surface area contributed by atoms with Crippen molar-refractivity contribution in [1.82, 2.24) is 4.98 Å². The summed E-state index contributed by atoms with van der Waals surface area (Å²) >= 11 is 1.37. The Labute approximate surface area is 103 Å². The van der Waals surface area contributed by atoms with Gasteiger partial charge in [0.2, 0.25) is 5.91 Å².